The molecule has 1 nitrogen and oxygen atoms in total. The quantitative estimate of drug-likeness (QED) is 0.159. The summed E-state index contributed by atoms with van der Waals surface area (Å²) in [7, 11) is 0. The van der Waals surface area contributed by atoms with E-state index in [-0.39, 0.29) is 5.41 Å². The maximum absolute atomic E-state index is 4.53. The van der Waals surface area contributed by atoms with Crippen LogP contribution in [-0.4, -0.2) is 4.98 Å². The topological polar surface area (TPSA) is 12.9 Å². The van der Waals surface area contributed by atoms with Gasteiger partial charge in [-0.15, -0.1) is 0 Å². The van der Waals surface area contributed by atoms with Gasteiger partial charge in [0, 0.05) is 17.2 Å². The van der Waals surface area contributed by atoms with Crippen LogP contribution in [0.25, 0.3) is 66.9 Å². The normalized spacial score (nSPS) is 11.3. The molecule has 0 aliphatic heterocycles. The number of nitrogens with zero attached hydrogens (tertiary/aromatic N) is 1. The molecule has 0 unspecified atom stereocenters. The van der Waals surface area contributed by atoms with Crippen LogP contribution in [0.1, 0.15) is 25.0 Å². The second-order valence-corrected chi connectivity index (χ2v) is 13.7. The molecule has 1 heteroatoms. The van der Waals surface area contributed by atoms with Crippen LogP contribution in [0, 0.1) is 0 Å². The molecular weight excluding hydrogens is 615 g/mol. The summed E-state index contributed by atoms with van der Waals surface area (Å²) >= 11 is 0. The highest BCUT2D eigenvalue weighted by Gasteiger charge is 2.22. The minimum absolute atomic E-state index is 0.0592. The number of hydrogen-bond donors (Lipinski definition) is 0. The van der Waals surface area contributed by atoms with Crippen LogP contribution in [0.4, 0.5) is 0 Å². The van der Waals surface area contributed by atoms with Crippen molar-refractivity contribution in [3.63, 3.8) is 0 Å². The standard InChI is InChI=1S/C50H39N/c1-50(2,47-20-4-3-5-21-47)48-29-27-38(28-30-48)40-13-9-16-43(33-40)45-18-10-17-44(34-45)42-15-8-12-39(32-42)36-23-25-37(26-24-36)41-14-11-19-46(35-41)49-22-6-7-31-51-49/h3-35H,1-2H3. The van der Waals surface area contributed by atoms with E-state index in [1.165, 1.54) is 66.8 Å². The van der Waals surface area contributed by atoms with Crippen molar-refractivity contribution < 1.29 is 0 Å². The minimum Gasteiger partial charge on any atom is -0.256 e. The molecule has 0 bridgehead atoms. The van der Waals surface area contributed by atoms with Crippen molar-refractivity contribution in [2.75, 3.05) is 0 Å². The van der Waals surface area contributed by atoms with Crippen molar-refractivity contribution >= 4 is 0 Å². The van der Waals surface area contributed by atoms with E-state index in [0.717, 1.165) is 11.3 Å². The van der Waals surface area contributed by atoms with Crippen molar-refractivity contribution in [2.24, 2.45) is 0 Å². The Hall–Kier alpha value is -6.31. The number of pyridine rings is 1. The largest absolute Gasteiger partial charge is 0.256 e. The third kappa shape index (κ3) is 6.80. The highest BCUT2D eigenvalue weighted by Crippen LogP contribution is 2.35. The van der Waals surface area contributed by atoms with Gasteiger partial charge < -0.3 is 0 Å². The summed E-state index contributed by atoms with van der Waals surface area (Å²) in [6.07, 6.45) is 1.84. The van der Waals surface area contributed by atoms with Crippen LogP contribution in [0.15, 0.2) is 200 Å². The van der Waals surface area contributed by atoms with E-state index in [9.17, 15) is 0 Å². The molecule has 8 aromatic rings. The molecule has 1 heterocycles. The van der Waals surface area contributed by atoms with Crippen LogP contribution < -0.4 is 0 Å². The summed E-state index contributed by atoms with van der Waals surface area (Å²) in [6.45, 7) is 4.59. The van der Waals surface area contributed by atoms with Gasteiger partial charge in [-0.05, 0) is 103 Å². The van der Waals surface area contributed by atoms with Gasteiger partial charge >= 0.3 is 0 Å². The van der Waals surface area contributed by atoms with Gasteiger partial charge in [0.2, 0.25) is 0 Å². The van der Waals surface area contributed by atoms with Crippen molar-refractivity contribution in [1.82, 2.24) is 4.98 Å². The fraction of sp³-hybridized carbons (Fsp3) is 0.0600. The molecule has 0 aliphatic rings. The predicted octanol–water partition coefficient (Wildman–Crippen LogP) is 13.4. The van der Waals surface area contributed by atoms with Gasteiger partial charge in [-0.2, -0.15) is 0 Å². The first kappa shape index (κ1) is 31.9. The Morgan fingerprint density at radius 1 is 0.294 bits per heavy atom. The van der Waals surface area contributed by atoms with Gasteiger partial charge in [0.15, 0.2) is 0 Å². The van der Waals surface area contributed by atoms with E-state index in [2.05, 4.69) is 201 Å². The number of hydrogen-bond acceptors (Lipinski definition) is 1. The zero-order chi connectivity index (χ0) is 34.6. The maximum atomic E-state index is 4.53. The first-order chi connectivity index (χ1) is 25.0. The zero-order valence-corrected chi connectivity index (χ0v) is 29.0. The number of benzene rings is 7. The highest BCUT2D eigenvalue weighted by atomic mass is 14.7. The lowest BCUT2D eigenvalue weighted by molar-refractivity contribution is 0.641. The van der Waals surface area contributed by atoms with Crippen LogP contribution in [0.3, 0.4) is 0 Å². The van der Waals surface area contributed by atoms with Gasteiger partial charge in [-0.3, -0.25) is 4.98 Å². The lowest BCUT2D eigenvalue weighted by Gasteiger charge is -2.26. The molecule has 0 radical (unpaired) electrons. The van der Waals surface area contributed by atoms with Crippen LogP contribution in [0.5, 0.6) is 0 Å². The van der Waals surface area contributed by atoms with Gasteiger partial charge in [-0.25, -0.2) is 0 Å². The molecule has 0 N–H and O–H groups in total. The second kappa shape index (κ2) is 13.9. The summed E-state index contributed by atoms with van der Waals surface area (Å²) in [5, 5.41) is 0. The van der Waals surface area contributed by atoms with Crippen molar-refractivity contribution in [2.45, 2.75) is 19.3 Å². The monoisotopic (exact) mass is 653 g/mol. The molecule has 0 fully saturated rings. The molecule has 7 aromatic carbocycles. The summed E-state index contributed by atoms with van der Waals surface area (Å²) in [5.74, 6) is 0. The summed E-state index contributed by atoms with van der Waals surface area (Å²) in [6, 6.07) is 69.9. The molecule has 0 saturated carbocycles. The van der Waals surface area contributed by atoms with Gasteiger partial charge in [0.1, 0.15) is 0 Å². The van der Waals surface area contributed by atoms with E-state index >= 15 is 0 Å². The fourth-order valence-corrected chi connectivity index (χ4v) is 6.98. The third-order valence-corrected chi connectivity index (χ3v) is 10.1. The third-order valence-electron chi connectivity index (χ3n) is 10.1. The van der Waals surface area contributed by atoms with Crippen LogP contribution >= 0.6 is 0 Å². The molecule has 8 rings (SSSR count). The van der Waals surface area contributed by atoms with Crippen molar-refractivity contribution in [3.8, 4) is 66.9 Å². The molecule has 0 spiro atoms. The molecule has 0 aliphatic carbocycles. The van der Waals surface area contributed by atoms with Crippen molar-refractivity contribution in [3.05, 3.63) is 211 Å². The Labute approximate surface area is 301 Å². The molecule has 244 valence electrons. The second-order valence-electron chi connectivity index (χ2n) is 13.7. The van der Waals surface area contributed by atoms with Gasteiger partial charge in [0.05, 0.1) is 5.69 Å². The predicted molar refractivity (Wildman–Crippen MR) is 215 cm³/mol. The average Bonchev–Trinajstić information content (AvgIpc) is 3.22. The SMILES string of the molecule is CC(C)(c1ccccc1)c1ccc(-c2cccc(-c3cccc(-c4cccc(-c5ccc(-c6cccc(-c7ccccn7)c6)cc5)c4)c3)c2)cc1. The Morgan fingerprint density at radius 2 is 0.647 bits per heavy atom. The van der Waals surface area contributed by atoms with Gasteiger partial charge in [0.25, 0.3) is 0 Å². The Morgan fingerprint density at radius 3 is 1.08 bits per heavy atom. The van der Waals surface area contributed by atoms with E-state index in [1.54, 1.807) is 0 Å². The first-order valence-electron chi connectivity index (χ1n) is 17.6. The summed E-state index contributed by atoms with van der Waals surface area (Å²) < 4.78 is 0. The fourth-order valence-electron chi connectivity index (χ4n) is 6.98. The molecule has 0 saturated heterocycles. The van der Waals surface area contributed by atoms with E-state index in [0.29, 0.717) is 0 Å². The summed E-state index contributed by atoms with van der Waals surface area (Å²) in [4.78, 5) is 4.53. The summed E-state index contributed by atoms with van der Waals surface area (Å²) in [5.41, 5.74) is 16.7. The van der Waals surface area contributed by atoms with E-state index in [4.69, 9.17) is 0 Å². The zero-order valence-electron chi connectivity index (χ0n) is 29.0. The molecule has 1 aromatic heterocycles. The molecule has 0 amide bonds. The smallest absolute Gasteiger partial charge is 0.0702 e. The minimum atomic E-state index is -0.0592. The van der Waals surface area contributed by atoms with E-state index in [1.807, 2.05) is 18.3 Å². The van der Waals surface area contributed by atoms with Crippen LogP contribution in [0.2, 0.25) is 0 Å². The van der Waals surface area contributed by atoms with Gasteiger partial charge in [-0.1, -0.05) is 172 Å². The number of rotatable bonds is 8. The molecule has 51 heavy (non-hydrogen) atoms. The Kier molecular flexibility index (Phi) is 8.70. The van der Waals surface area contributed by atoms with Crippen LogP contribution in [-0.2, 0) is 5.41 Å². The van der Waals surface area contributed by atoms with E-state index < -0.39 is 0 Å². The van der Waals surface area contributed by atoms with Crippen molar-refractivity contribution in [1.29, 1.82) is 0 Å². The lowest BCUT2D eigenvalue weighted by atomic mass is 9.78. The highest BCUT2D eigenvalue weighted by molar-refractivity contribution is 5.80. The Bertz CT molecular complexity index is 2400. The molecular formula is C50H39N. The lowest BCUT2D eigenvalue weighted by Crippen LogP contribution is -2.18. The average molecular weight is 654 g/mol. The number of aromatic nitrogens is 1. The maximum Gasteiger partial charge on any atom is 0.0702 e. The molecule has 0 atom stereocenters. The first-order valence-corrected chi connectivity index (χ1v) is 17.6. The Balaban J connectivity index is 1.02.